The number of para-hydroxylation sites is 3. The molecule has 0 bridgehead atoms. The zero-order chi connectivity index (χ0) is 27.1. The van der Waals surface area contributed by atoms with E-state index in [2.05, 4.69) is 174 Å². The highest BCUT2D eigenvalue weighted by Crippen LogP contribution is 2.37. The standard InChI is InChI=1S/C38H30N2/c1-2-30-18-24-36(25-19-30)40(35-16-10-5-11-17-35)38-28-22-32(23-29-38)31-20-26-37(27-21-31)39(33-12-6-3-7-13-33)34-14-8-4-9-15-34/h2-29H,1H2. The van der Waals surface area contributed by atoms with Crippen LogP contribution in [0.25, 0.3) is 17.2 Å². The highest BCUT2D eigenvalue weighted by molar-refractivity contribution is 5.80. The Morgan fingerprint density at radius 3 is 0.900 bits per heavy atom. The van der Waals surface area contributed by atoms with Gasteiger partial charge in [0.1, 0.15) is 0 Å². The normalized spacial score (nSPS) is 10.6. The van der Waals surface area contributed by atoms with Gasteiger partial charge in [-0.25, -0.2) is 0 Å². The predicted octanol–water partition coefficient (Wildman–Crippen LogP) is 10.9. The van der Waals surface area contributed by atoms with Gasteiger partial charge in [-0.3, -0.25) is 0 Å². The minimum atomic E-state index is 1.11. The molecule has 40 heavy (non-hydrogen) atoms. The summed E-state index contributed by atoms with van der Waals surface area (Å²) in [4.78, 5) is 4.56. The van der Waals surface area contributed by atoms with Crippen molar-refractivity contribution in [3.63, 3.8) is 0 Å². The summed E-state index contributed by atoms with van der Waals surface area (Å²) in [7, 11) is 0. The fourth-order valence-corrected chi connectivity index (χ4v) is 4.99. The van der Waals surface area contributed by atoms with Crippen molar-refractivity contribution < 1.29 is 0 Å². The van der Waals surface area contributed by atoms with Crippen LogP contribution in [0.1, 0.15) is 5.56 Å². The number of nitrogens with zero attached hydrogens (tertiary/aromatic N) is 2. The summed E-state index contributed by atoms with van der Waals surface area (Å²) in [6.07, 6.45) is 1.87. The molecule has 0 saturated heterocycles. The maximum Gasteiger partial charge on any atom is 0.0462 e. The average Bonchev–Trinajstić information content (AvgIpc) is 3.04. The van der Waals surface area contributed by atoms with Gasteiger partial charge in [0.05, 0.1) is 0 Å². The van der Waals surface area contributed by atoms with E-state index < -0.39 is 0 Å². The Balaban J connectivity index is 1.31. The van der Waals surface area contributed by atoms with Gasteiger partial charge in [0.25, 0.3) is 0 Å². The number of hydrogen-bond donors (Lipinski definition) is 0. The quantitative estimate of drug-likeness (QED) is 0.199. The smallest absolute Gasteiger partial charge is 0.0462 e. The Morgan fingerprint density at radius 2 is 0.600 bits per heavy atom. The van der Waals surface area contributed by atoms with Crippen LogP contribution in [0, 0.1) is 0 Å². The lowest BCUT2D eigenvalue weighted by Gasteiger charge is -2.26. The van der Waals surface area contributed by atoms with Crippen LogP contribution in [0.2, 0.25) is 0 Å². The van der Waals surface area contributed by atoms with E-state index in [4.69, 9.17) is 0 Å². The molecule has 0 N–H and O–H groups in total. The Kier molecular flexibility index (Phi) is 7.23. The van der Waals surface area contributed by atoms with E-state index in [1.807, 2.05) is 12.1 Å². The van der Waals surface area contributed by atoms with Gasteiger partial charge in [-0.1, -0.05) is 104 Å². The first-order valence-electron chi connectivity index (χ1n) is 13.5. The first-order chi connectivity index (χ1) is 19.8. The van der Waals surface area contributed by atoms with E-state index >= 15 is 0 Å². The highest BCUT2D eigenvalue weighted by atomic mass is 15.1. The molecule has 0 atom stereocenters. The Hall–Kier alpha value is -5.34. The van der Waals surface area contributed by atoms with Crippen LogP contribution in [0.3, 0.4) is 0 Å². The number of hydrogen-bond acceptors (Lipinski definition) is 2. The molecule has 6 aromatic carbocycles. The van der Waals surface area contributed by atoms with Crippen LogP contribution in [0.15, 0.2) is 170 Å². The van der Waals surface area contributed by atoms with E-state index in [9.17, 15) is 0 Å². The fraction of sp³-hybridized carbons (Fsp3) is 0. The summed E-state index contributed by atoms with van der Waals surface area (Å²) in [6.45, 7) is 3.89. The van der Waals surface area contributed by atoms with Crippen LogP contribution in [-0.2, 0) is 0 Å². The third-order valence-electron chi connectivity index (χ3n) is 7.01. The molecule has 0 fully saturated rings. The molecule has 192 valence electrons. The van der Waals surface area contributed by atoms with Gasteiger partial charge in [0, 0.05) is 34.1 Å². The molecule has 0 aliphatic rings. The summed E-state index contributed by atoms with van der Waals surface area (Å²) < 4.78 is 0. The zero-order valence-electron chi connectivity index (χ0n) is 22.3. The molecule has 0 aliphatic carbocycles. The molecule has 0 saturated carbocycles. The van der Waals surface area contributed by atoms with Crippen LogP contribution < -0.4 is 9.80 Å². The molecule has 0 heterocycles. The van der Waals surface area contributed by atoms with Crippen LogP contribution in [-0.4, -0.2) is 0 Å². The maximum absolute atomic E-state index is 3.89. The molecule has 6 aromatic rings. The van der Waals surface area contributed by atoms with Gasteiger partial charge >= 0.3 is 0 Å². The van der Waals surface area contributed by atoms with Crippen molar-refractivity contribution >= 4 is 40.2 Å². The van der Waals surface area contributed by atoms with Crippen molar-refractivity contribution in [1.29, 1.82) is 0 Å². The van der Waals surface area contributed by atoms with E-state index in [-0.39, 0.29) is 0 Å². The number of anilines is 6. The molecule has 0 spiro atoms. The lowest BCUT2D eigenvalue weighted by Crippen LogP contribution is -2.09. The lowest BCUT2D eigenvalue weighted by atomic mass is 10.0. The van der Waals surface area contributed by atoms with Gasteiger partial charge < -0.3 is 9.80 Å². The van der Waals surface area contributed by atoms with Gasteiger partial charge in [-0.15, -0.1) is 0 Å². The molecular weight excluding hydrogens is 484 g/mol. The molecule has 0 radical (unpaired) electrons. The minimum Gasteiger partial charge on any atom is -0.311 e. The molecular formula is C38H30N2. The van der Waals surface area contributed by atoms with Gasteiger partial charge in [0.2, 0.25) is 0 Å². The number of benzene rings is 6. The number of rotatable bonds is 8. The minimum absolute atomic E-state index is 1.11. The van der Waals surface area contributed by atoms with Crippen molar-refractivity contribution in [2.45, 2.75) is 0 Å². The summed E-state index contributed by atoms with van der Waals surface area (Å²) in [5, 5.41) is 0. The molecule has 2 nitrogen and oxygen atoms in total. The van der Waals surface area contributed by atoms with Crippen molar-refractivity contribution in [3.8, 4) is 11.1 Å². The lowest BCUT2D eigenvalue weighted by molar-refractivity contribution is 1.28. The summed E-state index contributed by atoms with van der Waals surface area (Å²) >= 11 is 0. The van der Waals surface area contributed by atoms with Crippen molar-refractivity contribution in [1.82, 2.24) is 0 Å². The third kappa shape index (κ3) is 5.29. The van der Waals surface area contributed by atoms with Crippen LogP contribution >= 0.6 is 0 Å². The molecule has 6 rings (SSSR count). The van der Waals surface area contributed by atoms with E-state index in [1.165, 1.54) is 11.1 Å². The van der Waals surface area contributed by atoms with Gasteiger partial charge in [-0.05, 0) is 89.5 Å². The Morgan fingerprint density at radius 1 is 0.325 bits per heavy atom. The summed E-state index contributed by atoms with van der Waals surface area (Å²) in [5.41, 5.74) is 10.2. The van der Waals surface area contributed by atoms with E-state index in [0.29, 0.717) is 0 Å². The SMILES string of the molecule is C=Cc1ccc(N(c2ccccc2)c2ccc(-c3ccc(N(c4ccccc4)c4ccccc4)cc3)cc2)cc1. The molecule has 2 heteroatoms. The predicted molar refractivity (Wildman–Crippen MR) is 171 cm³/mol. The zero-order valence-corrected chi connectivity index (χ0v) is 22.3. The average molecular weight is 515 g/mol. The van der Waals surface area contributed by atoms with E-state index in [1.54, 1.807) is 0 Å². The Bertz CT molecular complexity index is 1620. The van der Waals surface area contributed by atoms with Crippen LogP contribution in [0.4, 0.5) is 34.1 Å². The first kappa shape index (κ1) is 25.0. The van der Waals surface area contributed by atoms with E-state index in [0.717, 1.165) is 39.7 Å². The second kappa shape index (κ2) is 11.6. The van der Waals surface area contributed by atoms with Gasteiger partial charge in [-0.2, -0.15) is 0 Å². The van der Waals surface area contributed by atoms with Gasteiger partial charge in [0.15, 0.2) is 0 Å². The Labute approximate surface area is 236 Å². The molecule has 0 amide bonds. The van der Waals surface area contributed by atoms with Crippen LogP contribution in [0.5, 0.6) is 0 Å². The highest BCUT2D eigenvalue weighted by Gasteiger charge is 2.14. The summed E-state index contributed by atoms with van der Waals surface area (Å²) in [5.74, 6) is 0. The molecule has 0 unspecified atom stereocenters. The van der Waals surface area contributed by atoms with Crippen molar-refractivity contribution in [2.24, 2.45) is 0 Å². The first-order valence-corrected chi connectivity index (χ1v) is 13.5. The second-order valence-electron chi connectivity index (χ2n) is 9.57. The monoisotopic (exact) mass is 514 g/mol. The topological polar surface area (TPSA) is 6.48 Å². The third-order valence-corrected chi connectivity index (χ3v) is 7.01. The fourth-order valence-electron chi connectivity index (χ4n) is 4.99. The largest absolute Gasteiger partial charge is 0.311 e. The maximum atomic E-state index is 3.89. The molecule has 0 aliphatic heterocycles. The van der Waals surface area contributed by atoms with Crippen molar-refractivity contribution in [2.75, 3.05) is 9.80 Å². The summed E-state index contributed by atoms with van der Waals surface area (Å²) in [6, 6.07) is 57.5. The van der Waals surface area contributed by atoms with Crippen molar-refractivity contribution in [3.05, 3.63) is 176 Å². The second-order valence-corrected chi connectivity index (χ2v) is 9.57. The molecule has 0 aromatic heterocycles.